The van der Waals surface area contributed by atoms with Crippen molar-refractivity contribution in [3.8, 4) is 0 Å². The molecular weight excluding hydrogens is 326 g/mol. The van der Waals surface area contributed by atoms with Gasteiger partial charge in [-0.1, -0.05) is 43.0 Å². The lowest BCUT2D eigenvalue weighted by Crippen LogP contribution is -2.17. The number of esters is 1. The van der Waals surface area contributed by atoms with Crippen LogP contribution in [0.25, 0.3) is 16.5 Å². The predicted molar refractivity (Wildman–Crippen MR) is 92.0 cm³/mol. The number of hydrogen-bond acceptors (Lipinski definition) is 4. The first-order valence-electron chi connectivity index (χ1n) is 7.15. The van der Waals surface area contributed by atoms with Crippen molar-refractivity contribution >= 4 is 32.5 Å². The molecule has 0 radical (unpaired) electrons. The molecule has 0 aliphatic carbocycles. The van der Waals surface area contributed by atoms with E-state index in [-0.39, 0.29) is 16.2 Å². The number of nitrogens with zero attached hydrogens (tertiary/aromatic N) is 1. The van der Waals surface area contributed by atoms with Crippen LogP contribution in [0, 0.1) is 0 Å². The smallest absolute Gasteiger partial charge is 0.339 e. The Hall–Kier alpha value is -2.86. The van der Waals surface area contributed by atoms with E-state index in [1.54, 1.807) is 48.5 Å². The summed E-state index contributed by atoms with van der Waals surface area (Å²) in [5.74, 6) is -0.678. The largest absolute Gasteiger partial charge is 0.465 e. The lowest BCUT2D eigenvalue weighted by atomic mass is 10.2. The second-order valence-corrected chi connectivity index (χ2v) is 6.93. The summed E-state index contributed by atoms with van der Waals surface area (Å²) in [5.41, 5.74) is 0.640. The fourth-order valence-corrected chi connectivity index (χ4v) is 4.08. The fraction of sp³-hybridized carbons (Fsp3) is 0.0556. The minimum absolute atomic E-state index is 0.0202. The monoisotopic (exact) mass is 341 g/mol. The van der Waals surface area contributed by atoms with Crippen LogP contribution < -0.4 is 0 Å². The van der Waals surface area contributed by atoms with Crippen molar-refractivity contribution in [2.24, 2.45) is 0 Å². The molecule has 1 heterocycles. The van der Waals surface area contributed by atoms with Gasteiger partial charge in [0.2, 0.25) is 0 Å². The first kappa shape index (κ1) is 16.0. The summed E-state index contributed by atoms with van der Waals surface area (Å²) in [7, 11) is -2.66. The summed E-state index contributed by atoms with van der Waals surface area (Å²) in [5, 5.41) is 0.692. The predicted octanol–water partition coefficient (Wildman–Crippen LogP) is 3.06. The zero-order valence-corrected chi connectivity index (χ0v) is 13.8. The van der Waals surface area contributed by atoms with E-state index < -0.39 is 16.0 Å². The topological polar surface area (TPSA) is 65.4 Å². The molecule has 122 valence electrons. The Kier molecular flexibility index (Phi) is 3.99. The highest BCUT2D eigenvalue weighted by Crippen LogP contribution is 2.29. The first-order valence-corrected chi connectivity index (χ1v) is 8.59. The van der Waals surface area contributed by atoms with Crippen molar-refractivity contribution in [2.75, 3.05) is 7.11 Å². The van der Waals surface area contributed by atoms with Crippen LogP contribution in [0.1, 0.15) is 5.69 Å². The lowest BCUT2D eigenvalue weighted by molar-refractivity contribution is -0.133. The van der Waals surface area contributed by atoms with Crippen molar-refractivity contribution in [3.63, 3.8) is 0 Å². The van der Waals surface area contributed by atoms with Gasteiger partial charge in [0.05, 0.1) is 28.8 Å². The van der Waals surface area contributed by atoms with Gasteiger partial charge < -0.3 is 4.74 Å². The van der Waals surface area contributed by atoms with E-state index in [4.69, 9.17) is 0 Å². The molecule has 0 atom stereocenters. The van der Waals surface area contributed by atoms with Gasteiger partial charge in [-0.05, 0) is 24.3 Å². The van der Waals surface area contributed by atoms with Gasteiger partial charge in [0, 0.05) is 5.39 Å². The molecule has 0 aliphatic heterocycles. The quantitative estimate of drug-likeness (QED) is 0.540. The summed E-state index contributed by atoms with van der Waals surface area (Å²) >= 11 is 0. The Bertz CT molecular complexity index is 1030. The average Bonchev–Trinajstić information content (AvgIpc) is 3.01. The first-order chi connectivity index (χ1) is 11.5. The molecule has 6 heteroatoms. The second kappa shape index (κ2) is 5.98. The van der Waals surface area contributed by atoms with Gasteiger partial charge in [0.15, 0.2) is 0 Å². The van der Waals surface area contributed by atoms with E-state index in [1.165, 1.54) is 19.2 Å². The average molecular weight is 341 g/mol. The Labute approximate surface area is 139 Å². The summed E-state index contributed by atoms with van der Waals surface area (Å²) < 4.78 is 32.1. The second-order valence-electron chi connectivity index (χ2n) is 5.14. The van der Waals surface area contributed by atoms with E-state index in [1.807, 2.05) is 0 Å². The van der Waals surface area contributed by atoms with Crippen molar-refractivity contribution < 1.29 is 17.9 Å². The molecule has 0 amide bonds. The molecule has 1 aromatic heterocycles. The third-order valence-electron chi connectivity index (χ3n) is 3.69. The number of benzene rings is 2. The van der Waals surface area contributed by atoms with E-state index in [0.29, 0.717) is 10.9 Å². The number of hydrogen-bond donors (Lipinski definition) is 0. The molecule has 5 nitrogen and oxygen atoms in total. The van der Waals surface area contributed by atoms with Gasteiger partial charge in [0.1, 0.15) is 0 Å². The molecule has 0 spiro atoms. The van der Waals surface area contributed by atoms with Crippen LogP contribution >= 0.6 is 0 Å². The summed E-state index contributed by atoms with van der Waals surface area (Å²) in [6, 6.07) is 16.7. The molecule has 0 unspecified atom stereocenters. The van der Waals surface area contributed by atoms with Crippen LogP contribution in [-0.2, 0) is 19.6 Å². The van der Waals surface area contributed by atoms with Crippen LogP contribution in [-0.4, -0.2) is 25.5 Å². The van der Waals surface area contributed by atoms with E-state index in [2.05, 4.69) is 11.3 Å². The number of rotatable bonds is 4. The Morgan fingerprint density at radius 2 is 1.67 bits per heavy atom. The van der Waals surface area contributed by atoms with E-state index >= 15 is 0 Å². The fourth-order valence-electron chi connectivity index (χ4n) is 2.52. The van der Waals surface area contributed by atoms with Gasteiger partial charge in [0.25, 0.3) is 10.0 Å². The Morgan fingerprint density at radius 3 is 2.33 bits per heavy atom. The molecule has 0 aliphatic rings. The third kappa shape index (κ3) is 2.51. The number of fused-ring (bicyclic) bond motifs is 1. The van der Waals surface area contributed by atoms with Crippen LogP contribution in [0.15, 0.2) is 72.1 Å². The standard InChI is InChI=1S/C18H15NO4S/c1-13(18(20)23-2)17-12-14-8-6-7-11-16(14)19(17)24(21,22)15-9-4-3-5-10-15/h3-12H,1H2,2H3. The summed E-state index contributed by atoms with van der Waals surface area (Å²) in [4.78, 5) is 12.0. The van der Waals surface area contributed by atoms with Gasteiger partial charge in [-0.2, -0.15) is 0 Å². The molecular formula is C18H15NO4S. The van der Waals surface area contributed by atoms with Crippen LogP contribution in [0.5, 0.6) is 0 Å². The van der Waals surface area contributed by atoms with E-state index in [0.717, 1.165) is 3.97 Å². The Morgan fingerprint density at radius 1 is 1.04 bits per heavy atom. The highest BCUT2D eigenvalue weighted by Gasteiger charge is 2.26. The molecule has 0 bridgehead atoms. The molecule has 3 aromatic rings. The van der Waals surface area contributed by atoms with Crippen LogP contribution in [0.4, 0.5) is 0 Å². The lowest BCUT2D eigenvalue weighted by Gasteiger charge is -2.12. The van der Waals surface area contributed by atoms with E-state index in [9.17, 15) is 13.2 Å². The summed E-state index contributed by atoms with van der Waals surface area (Å²) in [6.07, 6.45) is 0. The Balaban J connectivity index is 2.34. The highest BCUT2D eigenvalue weighted by atomic mass is 32.2. The van der Waals surface area contributed by atoms with Gasteiger partial charge in [-0.25, -0.2) is 17.2 Å². The number of carbonyl (C=O) groups is 1. The van der Waals surface area contributed by atoms with Crippen molar-refractivity contribution in [3.05, 3.63) is 72.9 Å². The van der Waals surface area contributed by atoms with Gasteiger partial charge in [-0.15, -0.1) is 0 Å². The molecule has 2 aromatic carbocycles. The van der Waals surface area contributed by atoms with Crippen molar-refractivity contribution in [1.82, 2.24) is 3.97 Å². The molecule has 3 rings (SSSR count). The van der Waals surface area contributed by atoms with Gasteiger partial charge in [-0.3, -0.25) is 0 Å². The minimum Gasteiger partial charge on any atom is -0.465 e. The molecule has 0 fully saturated rings. The minimum atomic E-state index is -3.89. The normalized spacial score (nSPS) is 11.4. The van der Waals surface area contributed by atoms with Crippen LogP contribution in [0.3, 0.4) is 0 Å². The maximum Gasteiger partial charge on any atom is 0.339 e. The molecule has 0 N–H and O–H groups in total. The molecule has 0 saturated heterocycles. The van der Waals surface area contributed by atoms with Gasteiger partial charge >= 0.3 is 5.97 Å². The van der Waals surface area contributed by atoms with Crippen molar-refractivity contribution in [2.45, 2.75) is 4.90 Å². The number of carbonyl (C=O) groups excluding carboxylic acids is 1. The maximum atomic E-state index is 13.1. The van der Waals surface area contributed by atoms with Crippen molar-refractivity contribution in [1.29, 1.82) is 0 Å². The zero-order chi connectivity index (χ0) is 17.3. The number of aromatic nitrogens is 1. The number of ether oxygens (including phenoxy) is 1. The highest BCUT2D eigenvalue weighted by molar-refractivity contribution is 7.90. The van der Waals surface area contributed by atoms with Crippen LogP contribution in [0.2, 0.25) is 0 Å². The number of para-hydroxylation sites is 1. The zero-order valence-electron chi connectivity index (χ0n) is 13.0. The number of methoxy groups -OCH3 is 1. The maximum absolute atomic E-state index is 13.1. The third-order valence-corrected chi connectivity index (χ3v) is 5.43. The summed E-state index contributed by atoms with van der Waals surface area (Å²) in [6.45, 7) is 3.70. The molecule has 0 saturated carbocycles. The molecule has 24 heavy (non-hydrogen) atoms. The SMILES string of the molecule is C=C(C(=O)OC)c1cc2ccccc2n1S(=O)(=O)c1ccccc1.